The molecule has 1 aromatic rings. The molecule has 1 N–H and O–H groups in total. The number of nitrogens with one attached hydrogen (secondary N) is 1. The summed E-state index contributed by atoms with van der Waals surface area (Å²) in [6, 6.07) is 7.03. The fourth-order valence-corrected chi connectivity index (χ4v) is 4.95. The van der Waals surface area contributed by atoms with E-state index in [0.29, 0.717) is 11.1 Å². The Morgan fingerprint density at radius 3 is 2.17 bits per heavy atom. The van der Waals surface area contributed by atoms with Gasteiger partial charge in [-0.15, -0.1) is 0 Å². The van der Waals surface area contributed by atoms with Crippen LogP contribution in [0, 0.1) is 5.92 Å². The van der Waals surface area contributed by atoms with Crippen LogP contribution >= 0.6 is 0 Å². The predicted octanol–water partition coefficient (Wildman–Crippen LogP) is 2.83. The van der Waals surface area contributed by atoms with Crippen LogP contribution < -0.4 is 5.32 Å². The lowest BCUT2D eigenvalue weighted by molar-refractivity contribution is -0.122. The second kappa shape index (κ2) is 9.08. The first-order chi connectivity index (χ1) is 14.1. The summed E-state index contributed by atoms with van der Waals surface area (Å²) < 4.78 is 0. The van der Waals surface area contributed by atoms with Gasteiger partial charge in [-0.1, -0.05) is 31.4 Å². The number of hydrogen-bond donors (Lipinski definition) is 1. The zero-order valence-corrected chi connectivity index (χ0v) is 17.1. The number of imide groups is 1. The van der Waals surface area contributed by atoms with Crippen LogP contribution in [0.2, 0.25) is 0 Å². The minimum atomic E-state index is -0.297. The van der Waals surface area contributed by atoms with Crippen LogP contribution in [0.25, 0.3) is 0 Å². The normalized spacial score (nSPS) is 21.4. The van der Waals surface area contributed by atoms with Crippen LogP contribution in [0.4, 0.5) is 0 Å². The Balaban J connectivity index is 1.18. The van der Waals surface area contributed by atoms with Crippen LogP contribution in [-0.2, 0) is 4.79 Å². The molecule has 1 saturated heterocycles. The van der Waals surface area contributed by atoms with Crippen molar-refractivity contribution in [2.24, 2.45) is 5.92 Å². The summed E-state index contributed by atoms with van der Waals surface area (Å²) in [6.45, 7) is 3.43. The SMILES string of the molecule is O=C(CCN1C(=O)c2ccccc2C1=O)NC1CCN(CC2CCCCC2)CC1. The molecule has 0 radical (unpaired) electrons. The van der Waals surface area contributed by atoms with Gasteiger partial charge in [0.2, 0.25) is 5.91 Å². The average molecular weight is 398 g/mol. The van der Waals surface area contributed by atoms with Gasteiger partial charge < -0.3 is 10.2 Å². The van der Waals surface area contributed by atoms with Crippen LogP contribution in [0.3, 0.4) is 0 Å². The van der Waals surface area contributed by atoms with E-state index in [2.05, 4.69) is 10.2 Å². The fourth-order valence-electron chi connectivity index (χ4n) is 4.95. The molecular weight excluding hydrogens is 366 g/mol. The van der Waals surface area contributed by atoms with Gasteiger partial charge in [0.25, 0.3) is 11.8 Å². The van der Waals surface area contributed by atoms with E-state index < -0.39 is 0 Å². The summed E-state index contributed by atoms with van der Waals surface area (Å²) in [4.78, 5) is 40.9. The van der Waals surface area contributed by atoms with Crippen molar-refractivity contribution in [2.45, 2.75) is 57.4 Å². The monoisotopic (exact) mass is 397 g/mol. The van der Waals surface area contributed by atoms with Crippen LogP contribution in [0.15, 0.2) is 24.3 Å². The Labute approximate surface area is 172 Å². The van der Waals surface area contributed by atoms with Crippen molar-refractivity contribution < 1.29 is 14.4 Å². The molecule has 3 amide bonds. The molecule has 6 nitrogen and oxygen atoms in total. The lowest BCUT2D eigenvalue weighted by Gasteiger charge is -2.35. The predicted molar refractivity (Wildman–Crippen MR) is 111 cm³/mol. The van der Waals surface area contributed by atoms with Gasteiger partial charge >= 0.3 is 0 Å². The summed E-state index contributed by atoms with van der Waals surface area (Å²) in [7, 11) is 0. The lowest BCUT2D eigenvalue weighted by atomic mass is 9.88. The number of fused-ring (bicyclic) bond motifs is 1. The number of hydrogen-bond acceptors (Lipinski definition) is 4. The molecule has 3 aliphatic rings. The Morgan fingerprint density at radius 2 is 1.55 bits per heavy atom. The van der Waals surface area contributed by atoms with E-state index in [0.717, 1.165) is 31.8 Å². The molecule has 1 saturated carbocycles. The third-order valence-electron chi connectivity index (χ3n) is 6.63. The van der Waals surface area contributed by atoms with Crippen LogP contribution in [0.5, 0.6) is 0 Å². The quantitative estimate of drug-likeness (QED) is 0.750. The smallest absolute Gasteiger partial charge is 0.261 e. The maximum absolute atomic E-state index is 12.4. The molecular formula is C23H31N3O3. The highest BCUT2D eigenvalue weighted by molar-refractivity contribution is 6.21. The van der Waals surface area contributed by atoms with Gasteiger partial charge in [-0.25, -0.2) is 0 Å². The second-order valence-electron chi connectivity index (χ2n) is 8.70. The van der Waals surface area contributed by atoms with Crippen LogP contribution in [-0.4, -0.2) is 59.7 Å². The number of carbonyl (C=O) groups excluding carboxylic acids is 3. The summed E-state index contributed by atoms with van der Waals surface area (Å²) in [6.07, 6.45) is 9.01. The number of benzene rings is 1. The van der Waals surface area contributed by atoms with Gasteiger partial charge in [-0.2, -0.15) is 0 Å². The third kappa shape index (κ3) is 4.69. The van der Waals surface area contributed by atoms with Gasteiger partial charge in [-0.3, -0.25) is 19.3 Å². The van der Waals surface area contributed by atoms with Gasteiger partial charge in [-0.05, 0) is 43.7 Å². The zero-order chi connectivity index (χ0) is 20.2. The lowest BCUT2D eigenvalue weighted by Crippen LogP contribution is -2.46. The minimum Gasteiger partial charge on any atom is -0.353 e. The van der Waals surface area contributed by atoms with E-state index >= 15 is 0 Å². The van der Waals surface area contributed by atoms with Crippen molar-refractivity contribution in [1.82, 2.24) is 15.1 Å². The maximum Gasteiger partial charge on any atom is 0.261 e. The molecule has 0 aromatic heterocycles. The highest BCUT2D eigenvalue weighted by Crippen LogP contribution is 2.26. The molecule has 0 atom stereocenters. The fraction of sp³-hybridized carbons (Fsp3) is 0.609. The molecule has 0 unspecified atom stereocenters. The van der Waals surface area contributed by atoms with E-state index in [1.54, 1.807) is 24.3 Å². The van der Waals surface area contributed by atoms with E-state index in [4.69, 9.17) is 0 Å². The Morgan fingerprint density at radius 1 is 0.931 bits per heavy atom. The number of amides is 3. The van der Waals surface area contributed by atoms with Crippen molar-refractivity contribution in [3.05, 3.63) is 35.4 Å². The highest BCUT2D eigenvalue weighted by atomic mass is 16.2. The van der Waals surface area contributed by atoms with E-state index in [1.807, 2.05) is 0 Å². The molecule has 29 heavy (non-hydrogen) atoms. The Hall–Kier alpha value is -2.21. The van der Waals surface area contributed by atoms with E-state index in [9.17, 15) is 14.4 Å². The summed E-state index contributed by atoms with van der Waals surface area (Å²) in [5.41, 5.74) is 0.867. The maximum atomic E-state index is 12.4. The van der Waals surface area contributed by atoms with Crippen molar-refractivity contribution in [2.75, 3.05) is 26.2 Å². The standard InChI is InChI=1S/C23H31N3O3/c27-21(12-15-26-22(28)19-8-4-5-9-20(19)23(26)29)24-18-10-13-25(14-11-18)16-17-6-2-1-3-7-17/h4-5,8-9,17-18H,1-3,6-7,10-16H2,(H,24,27). The average Bonchev–Trinajstić information content (AvgIpc) is 2.99. The topological polar surface area (TPSA) is 69.7 Å². The van der Waals surface area contributed by atoms with Gasteiger partial charge in [0.1, 0.15) is 0 Å². The third-order valence-corrected chi connectivity index (χ3v) is 6.63. The first kappa shape index (κ1) is 20.1. The molecule has 1 aromatic carbocycles. The molecule has 0 bridgehead atoms. The molecule has 6 heteroatoms. The molecule has 2 aliphatic heterocycles. The molecule has 2 heterocycles. The minimum absolute atomic E-state index is 0.0766. The number of nitrogens with zero attached hydrogens (tertiary/aromatic N) is 2. The Bertz CT molecular complexity index is 729. The molecule has 156 valence electrons. The van der Waals surface area contributed by atoms with E-state index in [1.165, 1.54) is 43.5 Å². The summed E-state index contributed by atoms with van der Waals surface area (Å²) in [5.74, 6) is 0.186. The zero-order valence-electron chi connectivity index (χ0n) is 17.1. The molecule has 2 fully saturated rings. The summed E-state index contributed by atoms with van der Waals surface area (Å²) in [5, 5.41) is 3.10. The van der Waals surface area contributed by atoms with E-state index in [-0.39, 0.29) is 36.7 Å². The number of piperidine rings is 1. The first-order valence-electron chi connectivity index (χ1n) is 11.1. The van der Waals surface area contributed by atoms with Gasteiger partial charge in [0, 0.05) is 38.6 Å². The first-order valence-corrected chi connectivity index (χ1v) is 11.1. The van der Waals surface area contributed by atoms with Crippen molar-refractivity contribution in [3.63, 3.8) is 0 Å². The molecule has 1 aliphatic carbocycles. The van der Waals surface area contributed by atoms with Crippen LogP contribution in [0.1, 0.15) is 72.1 Å². The molecule has 0 spiro atoms. The molecule has 4 rings (SSSR count). The largest absolute Gasteiger partial charge is 0.353 e. The second-order valence-corrected chi connectivity index (χ2v) is 8.70. The van der Waals surface area contributed by atoms with Crippen molar-refractivity contribution in [3.8, 4) is 0 Å². The van der Waals surface area contributed by atoms with Gasteiger partial charge in [0.15, 0.2) is 0 Å². The highest BCUT2D eigenvalue weighted by Gasteiger charge is 2.35. The number of rotatable bonds is 6. The van der Waals surface area contributed by atoms with Gasteiger partial charge in [0.05, 0.1) is 11.1 Å². The van der Waals surface area contributed by atoms with Crippen molar-refractivity contribution >= 4 is 17.7 Å². The Kier molecular flexibility index (Phi) is 6.28. The number of likely N-dealkylation sites (tertiary alicyclic amines) is 1. The summed E-state index contributed by atoms with van der Waals surface area (Å²) >= 11 is 0. The van der Waals surface area contributed by atoms with Crippen molar-refractivity contribution in [1.29, 1.82) is 0 Å². The number of carbonyl (C=O) groups is 3.